The second kappa shape index (κ2) is 17.2. The molecule has 1 heterocycles. The van der Waals surface area contributed by atoms with Crippen LogP contribution in [0.4, 0.5) is 0 Å². The van der Waals surface area contributed by atoms with Gasteiger partial charge in [0.15, 0.2) is 0 Å². The van der Waals surface area contributed by atoms with Gasteiger partial charge in [-0.3, -0.25) is 9.69 Å². The predicted molar refractivity (Wildman–Crippen MR) is 121 cm³/mol. The minimum Gasteiger partial charge on any atom is -0.480 e. The Hall–Kier alpha value is -1.87. The smallest absolute Gasteiger partial charge is 0.320 e. The average molecular weight is 386 g/mol. The summed E-state index contributed by atoms with van der Waals surface area (Å²) in [7, 11) is 0. The van der Waals surface area contributed by atoms with Crippen LogP contribution < -0.4 is 0 Å². The summed E-state index contributed by atoms with van der Waals surface area (Å²) < 4.78 is 0. The summed E-state index contributed by atoms with van der Waals surface area (Å²) in [5.41, 5.74) is 0. The van der Waals surface area contributed by atoms with Gasteiger partial charge in [-0.2, -0.15) is 0 Å². The summed E-state index contributed by atoms with van der Waals surface area (Å²) in [5, 5.41) is 9.17. The maximum atomic E-state index is 11.1. The van der Waals surface area contributed by atoms with Gasteiger partial charge in [0, 0.05) is 0 Å². The number of carbonyl (C=O) groups is 1. The molecule has 0 aliphatic carbocycles. The molecule has 0 radical (unpaired) electrons. The van der Waals surface area contributed by atoms with E-state index in [1.54, 1.807) is 0 Å². The van der Waals surface area contributed by atoms with Crippen molar-refractivity contribution in [1.82, 2.24) is 4.90 Å². The third-order valence-corrected chi connectivity index (χ3v) is 4.87. The fraction of sp³-hybridized carbons (Fsp3) is 0.560. The van der Waals surface area contributed by atoms with Gasteiger partial charge in [0.2, 0.25) is 0 Å². The van der Waals surface area contributed by atoms with E-state index >= 15 is 0 Å². The zero-order valence-electron chi connectivity index (χ0n) is 17.6. The molecule has 0 unspecified atom stereocenters. The second-order valence-corrected chi connectivity index (χ2v) is 7.24. The maximum Gasteiger partial charge on any atom is 0.320 e. The molecule has 1 saturated heterocycles. The SMILES string of the molecule is CC/C=C\C/C=C\C/C=C\C/C=C\C/C=C\CCCCN1CCC[C@H]1C(=O)O. The van der Waals surface area contributed by atoms with Crippen LogP contribution in [0.3, 0.4) is 0 Å². The van der Waals surface area contributed by atoms with Crippen molar-refractivity contribution in [3.05, 3.63) is 60.8 Å². The highest BCUT2D eigenvalue weighted by Crippen LogP contribution is 2.18. The first-order valence-corrected chi connectivity index (χ1v) is 11.0. The Morgan fingerprint density at radius 2 is 1.39 bits per heavy atom. The lowest BCUT2D eigenvalue weighted by Crippen LogP contribution is -2.36. The monoisotopic (exact) mass is 385 g/mol. The van der Waals surface area contributed by atoms with Crippen molar-refractivity contribution in [2.24, 2.45) is 0 Å². The van der Waals surface area contributed by atoms with E-state index in [0.717, 1.165) is 77.3 Å². The van der Waals surface area contributed by atoms with Crippen LogP contribution in [0, 0.1) is 0 Å². The van der Waals surface area contributed by atoms with Gasteiger partial charge in [-0.25, -0.2) is 0 Å². The summed E-state index contributed by atoms with van der Waals surface area (Å²) in [4.78, 5) is 13.3. The molecule has 1 N–H and O–H groups in total. The lowest BCUT2D eigenvalue weighted by atomic mass is 10.2. The largest absolute Gasteiger partial charge is 0.480 e. The van der Waals surface area contributed by atoms with Gasteiger partial charge in [0.25, 0.3) is 0 Å². The first kappa shape index (κ1) is 24.2. The summed E-state index contributed by atoms with van der Waals surface area (Å²) in [6, 6.07) is -0.242. The Balaban J connectivity index is 1.95. The topological polar surface area (TPSA) is 40.5 Å². The number of hydrogen-bond acceptors (Lipinski definition) is 2. The molecule has 3 nitrogen and oxygen atoms in total. The van der Waals surface area contributed by atoms with E-state index in [2.05, 4.69) is 72.6 Å². The van der Waals surface area contributed by atoms with E-state index < -0.39 is 5.97 Å². The highest BCUT2D eigenvalue weighted by Gasteiger charge is 2.29. The Labute approximate surface area is 172 Å². The zero-order chi connectivity index (χ0) is 20.3. The van der Waals surface area contributed by atoms with Crippen molar-refractivity contribution in [2.75, 3.05) is 13.1 Å². The van der Waals surface area contributed by atoms with Gasteiger partial charge in [-0.05, 0) is 77.3 Å². The second-order valence-electron chi connectivity index (χ2n) is 7.24. The van der Waals surface area contributed by atoms with Crippen LogP contribution in [0.15, 0.2) is 60.8 Å². The Kier molecular flexibility index (Phi) is 14.9. The molecule has 3 heteroatoms. The van der Waals surface area contributed by atoms with Crippen molar-refractivity contribution in [2.45, 2.75) is 77.2 Å². The van der Waals surface area contributed by atoms with Gasteiger partial charge in [0.1, 0.15) is 6.04 Å². The predicted octanol–water partition coefficient (Wildman–Crippen LogP) is 6.46. The standard InChI is InChI=1S/C25H39NO2/c1-2-3-4-5-6-7-8-9-10-11-12-13-14-15-16-17-18-19-22-26-23-20-21-24(26)25(27)28/h3-4,6-7,9-10,12-13,15-16,24H,2,5,8,11,14,17-23H2,1H3,(H,27,28)/b4-3-,7-6-,10-9-,13-12-,16-15-/t24-/m0/s1. The van der Waals surface area contributed by atoms with Gasteiger partial charge in [0.05, 0.1) is 0 Å². The van der Waals surface area contributed by atoms with Crippen molar-refractivity contribution < 1.29 is 9.90 Å². The van der Waals surface area contributed by atoms with Crippen LogP contribution in [-0.2, 0) is 4.79 Å². The van der Waals surface area contributed by atoms with Crippen molar-refractivity contribution in [3.63, 3.8) is 0 Å². The summed E-state index contributed by atoms with van der Waals surface area (Å²) >= 11 is 0. The third-order valence-electron chi connectivity index (χ3n) is 4.87. The lowest BCUT2D eigenvalue weighted by molar-refractivity contribution is -0.142. The molecule has 1 atom stereocenters. The van der Waals surface area contributed by atoms with Crippen LogP contribution in [0.2, 0.25) is 0 Å². The van der Waals surface area contributed by atoms with Crippen molar-refractivity contribution in [3.8, 4) is 0 Å². The molecule has 28 heavy (non-hydrogen) atoms. The highest BCUT2D eigenvalue weighted by molar-refractivity contribution is 5.73. The number of likely N-dealkylation sites (tertiary alicyclic amines) is 1. The van der Waals surface area contributed by atoms with E-state index in [0.29, 0.717) is 0 Å². The van der Waals surface area contributed by atoms with E-state index in [1.807, 2.05) is 0 Å². The fourth-order valence-electron chi connectivity index (χ4n) is 3.32. The Morgan fingerprint density at radius 3 is 1.93 bits per heavy atom. The average Bonchev–Trinajstić information content (AvgIpc) is 3.16. The summed E-state index contributed by atoms with van der Waals surface area (Å²) in [5.74, 6) is -0.657. The first-order valence-electron chi connectivity index (χ1n) is 11.0. The van der Waals surface area contributed by atoms with Crippen LogP contribution >= 0.6 is 0 Å². The zero-order valence-corrected chi connectivity index (χ0v) is 17.6. The third kappa shape index (κ3) is 12.5. The molecule has 0 aromatic heterocycles. The molecular formula is C25H39NO2. The quantitative estimate of drug-likeness (QED) is 0.260. The normalized spacial score (nSPS) is 18.8. The molecule has 1 fully saturated rings. The van der Waals surface area contributed by atoms with Gasteiger partial charge >= 0.3 is 5.97 Å². The Bertz CT molecular complexity index is 543. The molecule has 0 saturated carbocycles. The number of rotatable bonds is 15. The highest BCUT2D eigenvalue weighted by atomic mass is 16.4. The van der Waals surface area contributed by atoms with Crippen LogP contribution in [0.1, 0.15) is 71.1 Å². The number of hydrogen-bond donors (Lipinski definition) is 1. The Morgan fingerprint density at radius 1 is 0.857 bits per heavy atom. The molecular weight excluding hydrogens is 346 g/mol. The molecule has 0 bridgehead atoms. The van der Waals surface area contributed by atoms with Gasteiger partial charge < -0.3 is 5.11 Å². The van der Waals surface area contributed by atoms with E-state index in [9.17, 15) is 4.79 Å². The van der Waals surface area contributed by atoms with E-state index in [1.165, 1.54) is 0 Å². The molecule has 0 spiro atoms. The van der Waals surface area contributed by atoms with Crippen molar-refractivity contribution >= 4 is 5.97 Å². The van der Waals surface area contributed by atoms with Crippen LogP contribution in [-0.4, -0.2) is 35.1 Å². The summed E-state index contributed by atoms with van der Waals surface area (Å²) in [6.45, 7) is 4.02. The molecule has 0 amide bonds. The lowest BCUT2D eigenvalue weighted by Gasteiger charge is -2.20. The number of nitrogens with zero attached hydrogens (tertiary/aromatic N) is 1. The van der Waals surface area contributed by atoms with Gasteiger partial charge in [-0.15, -0.1) is 0 Å². The minimum absolute atomic E-state index is 0.242. The number of carboxylic acid groups (broad SMARTS) is 1. The molecule has 156 valence electrons. The molecule has 0 aromatic rings. The van der Waals surface area contributed by atoms with E-state index in [-0.39, 0.29) is 6.04 Å². The number of aliphatic carboxylic acids is 1. The molecule has 1 rings (SSSR count). The van der Waals surface area contributed by atoms with Crippen LogP contribution in [0.25, 0.3) is 0 Å². The van der Waals surface area contributed by atoms with E-state index in [4.69, 9.17) is 5.11 Å². The van der Waals surface area contributed by atoms with Crippen LogP contribution in [0.5, 0.6) is 0 Å². The number of carboxylic acids is 1. The first-order chi connectivity index (χ1) is 13.8. The fourth-order valence-corrected chi connectivity index (χ4v) is 3.32. The van der Waals surface area contributed by atoms with Gasteiger partial charge in [-0.1, -0.05) is 67.7 Å². The maximum absolute atomic E-state index is 11.1. The number of unbranched alkanes of at least 4 members (excludes halogenated alkanes) is 2. The summed E-state index contributed by atoms with van der Waals surface area (Å²) in [6.07, 6.45) is 32.5. The molecule has 1 aliphatic heterocycles. The molecule has 0 aromatic carbocycles. The van der Waals surface area contributed by atoms with Crippen molar-refractivity contribution in [1.29, 1.82) is 0 Å². The molecule has 1 aliphatic rings. The number of allylic oxidation sites excluding steroid dienone is 10. The minimum atomic E-state index is -0.657.